The number of hydrogen-bond acceptors (Lipinski definition) is 3. The highest BCUT2D eigenvalue weighted by Crippen LogP contribution is 2.17. The maximum atomic E-state index is 11.6. The van der Waals surface area contributed by atoms with Crippen LogP contribution in [0, 0.1) is 19.8 Å². The van der Waals surface area contributed by atoms with Gasteiger partial charge in [0.05, 0.1) is 5.69 Å². The Hall–Kier alpha value is -1.36. The van der Waals surface area contributed by atoms with Crippen LogP contribution in [0.1, 0.15) is 18.2 Å². The number of aryl methyl sites for hydroxylation is 2. The number of carbonyl (C=O) groups excluding carboxylic acids is 1. The van der Waals surface area contributed by atoms with Gasteiger partial charge in [-0.3, -0.25) is 9.48 Å². The molecule has 0 spiro atoms. The van der Waals surface area contributed by atoms with Gasteiger partial charge in [-0.15, -0.1) is 0 Å². The zero-order valence-electron chi connectivity index (χ0n) is 9.66. The molecule has 0 aliphatic carbocycles. The van der Waals surface area contributed by atoms with Crippen LogP contribution in [-0.4, -0.2) is 22.2 Å². The van der Waals surface area contributed by atoms with E-state index in [1.165, 1.54) is 0 Å². The number of amides is 1. The molecular weight excluding hydrogens is 192 g/mol. The summed E-state index contributed by atoms with van der Waals surface area (Å²) in [6, 6.07) is 0. The minimum absolute atomic E-state index is 0.0661. The summed E-state index contributed by atoms with van der Waals surface area (Å²) in [4.78, 5) is 11.6. The SMILES string of the molecule is Cc1nn(C)c(NC(=O)C(C)CN)c1C. The number of nitrogens with two attached hydrogens (primary N) is 1. The Labute approximate surface area is 89.6 Å². The van der Waals surface area contributed by atoms with Crippen molar-refractivity contribution in [3.63, 3.8) is 0 Å². The molecule has 1 amide bonds. The first-order chi connectivity index (χ1) is 6.97. The Morgan fingerprint density at radius 2 is 2.20 bits per heavy atom. The molecule has 1 atom stereocenters. The predicted molar refractivity (Wildman–Crippen MR) is 59.5 cm³/mol. The fourth-order valence-corrected chi connectivity index (χ4v) is 1.29. The highest BCUT2D eigenvalue weighted by molar-refractivity contribution is 5.92. The summed E-state index contributed by atoms with van der Waals surface area (Å²) in [5.41, 5.74) is 7.34. The Morgan fingerprint density at radius 3 is 2.60 bits per heavy atom. The van der Waals surface area contributed by atoms with Crippen molar-refractivity contribution >= 4 is 11.7 Å². The molecule has 0 bridgehead atoms. The molecule has 0 saturated carbocycles. The van der Waals surface area contributed by atoms with E-state index in [1.54, 1.807) is 11.6 Å². The van der Waals surface area contributed by atoms with E-state index in [9.17, 15) is 4.79 Å². The van der Waals surface area contributed by atoms with Gasteiger partial charge >= 0.3 is 0 Å². The van der Waals surface area contributed by atoms with Crippen molar-refractivity contribution in [3.05, 3.63) is 11.3 Å². The molecule has 0 aliphatic rings. The smallest absolute Gasteiger partial charge is 0.229 e. The second kappa shape index (κ2) is 4.44. The third-order valence-electron chi connectivity index (χ3n) is 2.56. The number of carbonyl (C=O) groups is 1. The van der Waals surface area contributed by atoms with Crippen molar-refractivity contribution in [1.82, 2.24) is 9.78 Å². The van der Waals surface area contributed by atoms with Crippen LogP contribution >= 0.6 is 0 Å². The van der Waals surface area contributed by atoms with Crippen LogP contribution in [0.4, 0.5) is 5.82 Å². The fourth-order valence-electron chi connectivity index (χ4n) is 1.29. The Balaban J connectivity index is 2.85. The van der Waals surface area contributed by atoms with Crippen molar-refractivity contribution in [1.29, 1.82) is 0 Å². The molecule has 15 heavy (non-hydrogen) atoms. The lowest BCUT2D eigenvalue weighted by atomic mass is 10.1. The van der Waals surface area contributed by atoms with Crippen molar-refractivity contribution in [2.45, 2.75) is 20.8 Å². The van der Waals surface area contributed by atoms with E-state index < -0.39 is 0 Å². The van der Waals surface area contributed by atoms with Gasteiger partial charge in [-0.2, -0.15) is 5.10 Å². The van der Waals surface area contributed by atoms with Gasteiger partial charge in [-0.25, -0.2) is 0 Å². The zero-order valence-corrected chi connectivity index (χ0v) is 9.66. The third kappa shape index (κ3) is 2.36. The number of anilines is 1. The molecule has 0 aromatic carbocycles. The van der Waals surface area contributed by atoms with Gasteiger partial charge in [0, 0.05) is 25.1 Å². The van der Waals surface area contributed by atoms with E-state index in [2.05, 4.69) is 10.4 Å². The number of aromatic nitrogens is 2. The second-order valence-electron chi connectivity index (χ2n) is 3.81. The molecular formula is C10H18N4O. The highest BCUT2D eigenvalue weighted by Gasteiger charge is 2.15. The minimum atomic E-state index is -0.181. The first-order valence-corrected chi connectivity index (χ1v) is 4.98. The van der Waals surface area contributed by atoms with Crippen LogP contribution in [0.5, 0.6) is 0 Å². The first-order valence-electron chi connectivity index (χ1n) is 4.98. The van der Waals surface area contributed by atoms with E-state index >= 15 is 0 Å². The number of nitrogens with zero attached hydrogens (tertiary/aromatic N) is 2. The Kier molecular flexibility index (Phi) is 3.47. The number of rotatable bonds is 3. The van der Waals surface area contributed by atoms with Crippen molar-refractivity contribution in [3.8, 4) is 0 Å². The van der Waals surface area contributed by atoms with Crippen LogP contribution in [0.2, 0.25) is 0 Å². The lowest BCUT2D eigenvalue weighted by Gasteiger charge is -2.10. The molecule has 0 fully saturated rings. The quantitative estimate of drug-likeness (QED) is 0.766. The number of nitrogens with one attached hydrogen (secondary N) is 1. The van der Waals surface area contributed by atoms with Crippen LogP contribution in [0.25, 0.3) is 0 Å². The summed E-state index contributed by atoms with van der Waals surface area (Å²) in [7, 11) is 1.81. The molecule has 84 valence electrons. The minimum Gasteiger partial charge on any atom is -0.330 e. The van der Waals surface area contributed by atoms with Crippen molar-refractivity contribution in [2.24, 2.45) is 18.7 Å². The first kappa shape index (κ1) is 11.7. The van der Waals surface area contributed by atoms with Crippen LogP contribution in [-0.2, 0) is 11.8 Å². The topological polar surface area (TPSA) is 72.9 Å². The largest absolute Gasteiger partial charge is 0.330 e. The normalized spacial score (nSPS) is 12.6. The van der Waals surface area contributed by atoms with Crippen LogP contribution in [0.15, 0.2) is 0 Å². The summed E-state index contributed by atoms with van der Waals surface area (Å²) in [5.74, 6) is 0.501. The van der Waals surface area contributed by atoms with Gasteiger partial charge in [0.25, 0.3) is 0 Å². The number of hydrogen-bond donors (Lipinski definition) is 2. The van der Waals surface area contributed by atoms with Crippen molar-refractivity contribution in [2.75, 3.05) is 11.9 Å². The standard InChI is InChI=1S/C10H18N4O/c1-6(5-11)10(15)12-9-7(2)8(3)13-14(9)4/h6H,5,11H2,1-4H3,(H,12,15). The zero-order chi connectivity index (χ0) is 11.6. The summed E-state index contributed by atoms with van der Waals surface area (Å²) in [6.45, 7) is 6.00. The molecule has 5 heteroatoms. The molecule has 5 nitrogen and oxygen atoms in total. The van der Waals surface area contributed by atoms with Gasteiger partial charge in [0.1, 0.15) is 5.82 Å². The molecule has 1 unspecified atom stereocenters. The maximum Gasteiger partial charge on any atom is 0.229 e. The molecule has 1 rings (SSSR count). The van der Waals surface area contributed by atoms with Gasteiger partial charge in [-0.05, 0) is 13.8 Å². The monoisotopic (exact) mass is 210 g/mol. The summed E-state index contributed by atoms with van der Waals surface area (Å²) in [5, 5.41) is 7.05. The Morgan fingerprint density at radius 1 is 1.60 bits per heavy atom. The van der Waals surface area contributed by atoms with E-state index in [0.717, 1.165) is 17.1 Å². The molecule has 0 aliphatic heterocycles. The van der Waals surface area contributed by atoms with E-state index in [4.69, 9.17) is 5.73 Å². The Bertz CT molecular complexity index is 370. The average molecular weight is 210 g/mol. The molecule has 0 radical (unpaired) electrons. The summed E-state index contributed by atoms with van der Waals surface area (Å²) < 4.78 is 1.67. The van der Waals surface area contributed by atoms with Crippen LogP contribution < -0.4 is 11.1 Å². The maximum absolute atomic E-state index is 11.6. The lowest BCUT2D eigenvalue weighted by Crippen LogP contribution is -2.27. The van der Waals surface area contributed by atoms with Crippen LogP contribution in [0.3, 0.4) is 0 Å². The molecule has 1 aromatic rings. The van der Waals surface area contributed by atoms with Gasteiger partial charge in [0.2, 0.25) is 5.91 Å². The predicted octanol–water partition coefficient (Wildman–Crippen LogP) is 0.570. The van der Waals surface area contributed by atoms with E-state index in [1.807, 2.05) is 20.9 Å². The molecule has 1 aromatic heterocycles. The van der Waals surface area contributed by atoms with Gasteiger partial charge in [-0.1, -0.05) is 6.92 Å². The summed E-state index contributed by atoms with van der Waals surface area (Å²) in [6.07, 6.45) is 0. The lowest BCUT2D eigenvalue weighted by molar-refractivity contribution is -0.119. The van der Waals surface area contributed by atoms with E-state index in [-0.39, 0.29) is 11.8 Å². The average Bonchev–Trinajstić information content (AvgIpc) is 2.43. The fraction of sp³-hybridized carbons (Fsp3) is 0.600. The second-order valence-corrected chi connectivity index (χ2v) is 3.81. The molecule has 1 heterocycles. The van der Waals surface area contributed by atoms with E-state index in [0.29, 0.717) is 6.54 Å². The molecule has 3 N–H and O–H groups in total. The molecule has 0 saturated heterocycles. The third-order valence-corrected chi connectivity index (χ3v) is 2.56. The highest BCUT2D eigenvalue weighted by atomic mass is 16.2. The van der Waals surface area contributed by atoms with Gasteiger partial charge < -0.3 is 11.1 Å². The van der Waals surface area contributed by atoms with Gasteiger partial charge in [0.15, 0.2) is 0 Å². The van der Waals surface area contributed by atoms with Crippen molar-refractivity contribution < 1.29 is 4.79 Å². The summed E-state index contributed by atoms with van der Waals surface area (Å²) >= 11 is 0.